The first kappa shape index (κ1) is 14.1. The number of carbonyl (C=O) groups is 1. The fraction of sp³-hybridized carbons (Fsp3) is 0.400. The van der Waals surface area contributed by atoms with E-state index in [-0.39, 0.29) is 5.91 Å². The second-order valence-electron chi connectivity index (χ2n) is 4.97. The Balaban J connectivity index is 2.04. The predicted molar refractivity (Wildman–Crippen MR) is 79.2 cm³/mol. The fourth-order valence-corrected chi connectivity index (χ4v) is 2.26. The van der Waals surface area contributed by atoms with Gasteiger partial charge in [0.05, 0.1) is 0 Å². The van der Waals surface area contributed by atoms with Crippen LogP contribution in [-0.2, 0) is 4.79 Å². The molecule has 0 aromatic heterocycles. The van der Waals surface area contributed by atoms with Crippen molar-refractivity contribution in [3.05, 3.63) is 40.4 Å². The summed E-state index contributed by atoms with van der Waals surface area (Å²) in [4.78, 5) is 16.4. The zero-order valence-corrected chi connectivity index (χ0v) is 12.2. The van der Waals surface area contributed by atoms with E-state index in [1.807, 2.05) is 42.2 Å². The van der Waals surface area contributed by atoms with E-state index in [9.17, 15) is 4.79 Å². The van der Waals surface area contributed by atoms with Gasteiger partial charge in [0.2, 0.25) is 5.91 Å². The van der Waals surface area contributed by atoms with Crippen molar-refractivity contribution in [1.29, 1.82) is 0 Å². The lowest BCUT2D eigenvalue weighted by Crippen LogP contribution is -2.47. The lowest BCUT2D eigenvalue weighted by molar-refractivity contribution is -0.128. The third-order valence-corrected chi connectivity index (χ3v) is 3.63. The molecular formula is C15H19ClN2O. The minimum Gasteiger partial charge on any atom is -0.336 e. The molecule has 0 N–H and O–H groups in total. The minimum absolute atomic E-state index is 0.128. The Hall–Kier alpha value is -1.32. The molecule has 0 radical (unpaired) electrons. The Bertz CT molecular complexity index is 473. The summed E-state index contributed by atoms with van der Waals surface area (Å²) in [7, 11) is 2.08. The monoisotopic (exact) mass is 278 g/mol. The number of hydrogen-bond donors (Lipinski definition) is 0. The van der Waals surface area contributed by atoms with Gasteiger partial charge in [0, 0.05) is 36.8 Å². The number of hydrogen-bond acceptors (Lipinski definition) is 2. The highest BCUT2D eigenvalue weighted by Crippen LogP contribution is 2.14. The standard InChI is InChI=1S/C15H19ClN2O/c1-12(11-13-3-5-14(16)6-4-13)15(19)18-9-7-17(2)8-10-18/h3-6,11H,7-10H2,1-2H3/b12-11+. The molecule has 1 amide bonds. The maximum atomic E-state index is 12.3. The summed E-state index contributed by atoms with van der Waals surface area (Å²) in [6, 6.07) is 7.51. The van der Waals surface area contributed by atoms with Gasteiger partial charge in [-0.2, -0.15) is 0 Å². The van der Waals surface area contributed by atoms with Gasteiger partial charge in [-0.15, -0.1) is 0 Å². The van der Waals surface area contributed by atoms with Crippen molar-refractivity contribution in [2.24, 2.45) is 0 Å². The van der Waals surface area contributed by atoms with Crippen LogP contribution in [-0.4, -0.2) is 48.9 Å². The van der Waals surface area contributed by atoms with Crippen molar-refractivity contribution in [3.63, 3.8) is 0 Å². The second kappa shape index (κ2) is 6.22. The van der Waals surface area contributed by atoms with Crippen LogP contribution in [0.15, 0.2) is 29.8 Å². The number of halogens is 1. The average molecular weight is 279 g/mol. The Labute approximate surface area is 119 Å². The summed E-state index contributed by atoms with van der Waals surface area (Å²) >= 11 is 5.85. The third-order valence-electron chi connectivity index (χ3n) is 3.38. The lowest BCUT2D eigenvalue weighted by atomic mass is 10.1. The summed E-state index contributed by atoms with van der Waals surface area (Å²) < 4.78 is 0. The summed E-state index contributed by atoms with van der Waals surface area (Å²) in [5.41, 5.74) is 1.77. The number of piperazine rings is 1. The predicted octanol–water partition coefficient (Wildman–Crippen LogP) is 2.52. The molecule has 1 aromatic carbocycles. The molecule has 0 unspecified atom stereocenters. The topological polar surface area (TPSA) is 23.6 Å². The van der Waals surface area contributed by atoms with Crippen molar-refractivity contribution in [3.8, 4) is 0 Å². The molecule has 1 aliphatic heterocycles. The van der Waals surface area contributed by atoms with Crippen LogP contribution in [0.2, 0.25) is 5.02 Å². The van der Waals surface area contributed by atoms with Gasteiger partial charge in [0.15, 0.2) is 0 Å². The highest BCUT2D eigenvalue weighted by molar-refractivity contribution is 6.30. The maximum Gasteiger partial charge on any atom is 0.249 e. The smallest absolute Gasteiger partial charge is 0.249 e. The van der Waals surface area contributed by atoms with Gasteiger partial charge in [0.1, 0.15) is 0 Å². The molecule has 2 rings (SSSR count). The van der Waals surface area contributed by atoms with Crippen molar-refractivity contribution < 1.29 is 4.79 Å². The number of likely N-dealkylation sites (N-methyl/N-ethyl adjacent to an activating group) is 1. The molecule has 0 aliphatic carbocycles. The van der Waals surface area contributed by atoms with E-state index >= 15 is 0 Å². The zero-order valence-electron chi connectivity index (χ0n) is 11.4. The number of carbonyl (C=O) groups excluding carboxylic acids is 1. The molecule has 1 saturated heterocycles. The Morgan fingerprint density at radius 1 is 1.16 bits per heavy atom. The van der Waals surface area contributed by atoms with Gasteiger partial charge in [-0.3, -0.25) is 4.79 Å². The summed E-state index contributed by atoms with van der Waals surface area (Å²) in [6.45, 7) is 5.37. The number of nitrogens with zero attached hydrogens (tertiary/aromatic N) is 2. The van der Waals surface area contributed by atoms with Crippen molar-refractivity contribution in [1.82, 2.24) is 9.80 Å². The molecule has 0 saturated carbocycles. The Morgan fingerprint density at radius 2 is 1.74 bits per heavy atom. The molecule has 3 nitrogen and oxygen atoms in total. The van der Waals surface area contributed by atoms with Crippen LogP contribution in [0.5, 0.6) is 0 Å². The van der Waals surface area contributed by atoms with E-state index in [2.05, 4.69) is 11.9 Å². The molecule has 0 atom stereocenters. The summed E-state index contributed by atoms with van der Waals surface area (Å²) in [6.07, 6.45) is 1.91. The van der Waals surface area contributed by atoms with E-state index in [0.29, 0.717) is 5.02 Å². The quantitative estimate of drug-likeness (QED) is 0.776. The first-order chi connectivity index (χ1) is 9.06. The normalized spacial score (nSPS) is 17.6. The number of benzene rings is 1. The van der Waals surface area contributed by atoms with Crippen LogP contribution in [0.25, 0.3) is 6.08 Å². The van der Waals surface area contributed by atoms with Gasteiger partial charge in [-0.25, -0.2) is 0 Å². The van der Waals surface area contributed by atoms with Crippen LogP contribution >= 0.6 is 11.6 Å². The molecule has 1 aliphatic rings. The highest BCUT2D eigenvalue weighted by atomic mass is 35.5. The first-order valence-corrected chi connectivity index (χ1v) is 6.86. The second-order valence-corrected chi connectivity index (χ2v) is 5.41. The van der Waals surface area contributed by atoms with Crippen molar-refractivity contribution in [2.75, 3.05) is 33.2 Å². The minimum atomic E-state index is 0.128. The highest BCUT2D eigenvalue weighted by Gasteiger charge is 2.19. The largest absolute Gasteiger partial charge is 0.336 e. The number of amides is 1. The van der Waals surface area contributed by atoms with Crippen molar-refractivity contribution >= 4 is 23.6 Å². The van der Waals surface area contributed by atoms with E-state index in [4.69, 9.17) is 11.6 Å². The molecule has 0 spiro atoms. The van der Waals surface area contributed by atoms with Crippen LogP contribution in [0, 0.1) is 0 Å². The van der Waals surface area contributed by atoms with Gasteiger partial charge >= 0.3 is 0 Å². The molecular weight excluding hydrogens is 260 g/mol. The van der Waals surface area contributed by atoms with Crippen LogP contribution in [0.3, 0.4) is 0 Å². The number of rotatable bonds is 2. The summed E-state index contributed by atoms with van der Waals surface area (Å²) in [5.74, 6) is 0.128. The zero-order chi connectivity index (χ0) is 13.8. The molecule has 19 heavy (non-hydrogen) atoms. The molecule has 102 valence electrons. The van der Waals surface area contributed by atoms with Gasteiger partial charge < -0.3 is 9.80 Å². The molecule has 1 aromatic rings. The van der Waals surface area contributed by atoms with Gasteiger partial charge in [0.25, 0.3) is 0 Å². The molecule has 1 heterocycles. The molecule has 1 fully saturated rings. The van der Waals surface area contributed by atoms with E-state index in [0.717, 1.165) is 37.3 Å². The Kier molecular flexibility index (Phi) is 4.61. The molecule has 4 heteroatoms. The van der Waals surface area contributed by atoms with E-state index < -0.39 is 0 Å². The fourth-order valence-electron chi connectivity index (χ4n) is 2.13. The lowest BCUT2D eigenvalue weighted by Gasteiger charge is -2.32. The summed E-state index contributed by atoms with van der Waals surface area (Å²) in [5, 5.41) is 0.709. The van der Waals surface area contributed by atoms with Crippen LogP contribution < -0.4 is 0 Å². The van der Waals surface area contributed by atoms with Gasteiger partial charge in [-0.1, -0.05) is 23.7 Å². The SMILES string of the molecule is C/C(=C\c1ccc(Cl)cc1)C(=O)N1CCN(C)CC1. The van der Waals surface area contributed by atoms with Crippen molar-refractivity contribution in [2.45, 2.75) is 6.92 Å². The third kappa shape index (κ3) is 3.82. The van der Waals surface area contributed by atoms with Gasteiger partial charge in [-0.05, 0) is 37.7 Å². The van der Waals surface area contributed by atoms with Crippen LogP contribution in [0.1, 0.15) is 12.5 Å². The average Bonchev–Trinajstić information content (AvgIpc) is 2.41. The first-order valence-electron chi connectivity index (χ1n) is 6.48. The maximum absolute atomic E-state index is 12.3. The van der Waals surface area contributed by atoms with Crippen LogP contribution in [0.4, 0.5) is 0 Å². The van der Waals surface area contributed by atoms with E-state index in [1.165, 1.54) is 0 Å². The molecule has 0 bridgehead atoms. The Morgan fingerprint density at radius 3 is 2.32 bits per heavy atom. The van der Waals surface area contributed by atoms with E-state index in [1.54, 1.807) is 0 Å².